The van der Waals surface area contributed by atoms with Gasteiger partial charge in [0.05, 0.1) is 7.11 Å². The second-order valence-electron chi connectivity index (χ2n) is 6.06. The van der Waals surface area contributed by atoms with E-state index < -0.39 is 21.6 Å². The van der Waals surface area contributed by atoms with E-state index in [2.05, 4.69) is 31.0 Å². The van der Waals surface area contributed by atoms with E-state index in [1.54, 1.807) is 24.3 Å². The van der Waals surface area contributed by atoms with E-state index in [1.165, 1.54) is 43.8 Å². The fourth-order valence-corrected chi connectivity index (χ4v) is 4.07. The summed E-state index contributed by atoms with van der Waals surface area (Å²) in [6, 6.07) is 12.4. The number of rotatable bonds is 7. The summed E-state index contributed by atoms with van der Waals surface area (Å²) in [5.41, 5.74) is 0.0314. The third kappa shape index (κ3) is 5.24. The standard InChI is InChI=1S/C19H17BrN4O5S/c1-29-16-8-7-15(22-18(25)12-24-10-2-9-21-19(24)26)11-17(16)30(27,28)23-14-5-3-13(20)4-6-14/h2-11,23H,12H2,1H3,(H,22,25). The minimum absolute atomic E-state index is 0.112. The predicted octanol–water partition coefficient (Wildman–Crippen LogP) is 2.45. The van der Waals surface area contributed by atoms with Gasteiger partial charge in [0.25, 0.3) is 10.0 Å². The van der Waals surface area contributed by atoms with Crippen LogP contribution >= 0.6 is 15.9 Å². The summed E-state index contributed by atoms with van der Waals surface area (Å²) in [6.45, 7) is -0.266. The summed E-state index contributed by atoms with van der Waals surface area (Å²) in [5, 5.41) is 2.57. The van der Waals surface area contributed by atoms with E-state index in [9.17, 15) is 18.0 Å². The molecule has 1 amide bonds. The molecule has 3 rings (SSSR count). The van der Waals surface area contributed by atoms with Crippen molar-refractivity contribution in [1.82, 2.24) is 9.55 Å². The highest BCUT2D eigenvalue weighted by Gasteiger charge is 2.21. The van der Waals surface area contributed by atoms with E-state index >= 15 is 0 Å². The lowest BCUT2D eigenvalue weighted by atomic mass is 10.3. The Balaban J connectivity index is 1.84. The van der Waals surface area contributed by atoms with Crippen molar-refractivity contribution in [3.63, 3.8) is 0 Å². The van der Waals surface area contributed by atoms with Crippen LogP contribution in [0.25, 0.3) is 0 Å². The van der Waals surface area contributed by atoms with Gasteiger partial charge in [0, 0.05) is 28.2 Å². The number of ether oxygens (including phenoxy) is 1. The van der Waals surface area contributed by atoms with Gasteiger partial charge in [0.15, 0.2) is 0 Å². The van der Waals surface area contributed by atoms with Crippen LogP contribution in [-0.4, -0.2) is 31.0 Å². The summed E-state index contributed by atoms with van der Waals surface area (Å²) >= 11 is 3.29. The van der Waals surface area contributed by atoms with Crippen LogP contribution in [0.2, 0.25) is 0 Å². The molecule has 0 unspecified atom stereocenters. The maximum Gasteiger partial charge on any atom is 0.347 e. The molecule has 9 nitrogen and oxygen atoms in total. The normalized spacial score (nSPS) is 11.0. The molecule has 30 heavy (non-hydrogen) atoms. The molecule has 0 radical (unpaired) electrons. The summed E-state index contributed by atoms with van der Waals surface area (Å²) in [7, 11) is -2.65. The van der Waals surface area contributed by atoms with Crippen molar-refractivity contribution in [2.24, 2.45) is 0 Å². The van der Waals surface area contributed by atoms with Crippen LogP contribution in [0.15, 0.2) is 75.1 Å². The van der Waals surface area contributed by atoms with E-state index in [4.69, 9.17) is 4.74 Å². The molecule has 0 aliphatic rings. The average Bonchev–Trinajstić information content (AvgIpc) is 2.71. The van der Waals surface area contributed by atoms with Crippen molar-refractivity contribution in [2.45, 2.75) is 11.4 Å². The third-order valence-corrected chi connectivity index (χ3v) is 5.86. The van der Waals surface area contributed by atoms with Gasteiger partial charge in [-0.3, -0.25) is 14.1 Å². The van der Waals surface area contributed by atoms with Crippen LogP contribution in [0.3, 0.4) is 0 Å². The molecule has 3 aromatic rings. The number of hydrogen-bond donors (Lipinski definition) is 2. The van der Waals surface area contributed by atoms with Crippen LogP contribution in [0.4, 0.5) is 11.4 Å². The van der Waals surface area contributed by atoms with Crippen LogP contribution in [0.1, 0.15) is 0 Å². The van der Waals surface area contributed by atoms with E-state index in [0.717, 1.165) is 9.04 Å². The first-order valence-electron chi connectivity index (χ1n) is 8.56. The van der Waals surface area contributed by atoms with Gasteiger partial charge in [-0.15, -0.1) is 0 Å². The number of methoxy groups -OCH3 is 1. The maximum atomic E-state index is 12.9. The Morgan fingerprint density at radius 2 is 1.87 bits per heavy atom. The Hall–Kier alpha value is -3.18. The largest absolute Gasteiger partial charge is 0.495 e. The number of hydrogen-bond acceptors (Lipinski definition) is 6. The smallest absolute Gasteiger partial charge is 0.347 e. The lowest BCUT2D eigenvalue weighted by Crippen LogP contribution is -2.28. The summed E-state index contributed by atoms with van der Waals surface area (Å²) in [4.78, 5) is 27.3. The SMILES string of the molecule is COc1ccc(NC(=O)Cn2cccnc2=O)cc1S(=O)(=O)Nc1ccc(Br)cc1. The predicted molar refractivity (Wildman–Crippen MR) is 115 cm³/mol. The Bertz CT molecular complexity index is 1230. The first kappa shape index (κ1) is 21.5. The Morgan fingerprint density at radius 1 is 1.17 bits per heavy atom. The van der Waals surface area contributed by atoms with Crippen LogP contribution in [0.5, 0.6) is 5.75 Å². The minimum atomic E-state index is -4.00. The zero-order chi connectivity index (χ0) is 21.7. The number of anilines is 2. The highest BCUT2D eigenvalue weighted by molar-refractivity contribution is 9.10. The number of carbonyl (C=O) groups is 1. The second kappa shape index (κ2) is 9.09. The van der Waals surface area contributed by atoms with Crippen molar-refractivity contribution in [2.75, 3.05) is 17.1 Å². The van der Waals surface area contributed by atoms with Gasteiger partial charge in [-0.2, -0.15) is 0 Å². The molecule has 0 atom stereocenters. The zero-order valence-electron chi connectivity index (χ0n) is 15.7. The van der Waals surface area contributed by atoms with Crippen molar-refractivity contribution >= 4 is 43.2 Å². The number of halogens is 1. The fraction of sp³-hybridized carbons (Fsp3) is 0.105. The number of benzene rings is 2. The highest BCUT2D eigenvalue weighted by Crippen LogP contribution is 2.29. The first-order chi connectivity index (χ1) is 14.3. The summed E-state index contributed by atoms with van der Waals surface area (Å²) < 4.78 is 35.3. The topological polar surface area (TPSA) is 119 Å². The number of carbonyl (C=O) groups excluding carboxylic acids is 1. The summed E-state index contributed by atoms with van der Waals surface area (Å²) in [5.74, 6) is -0.402. The number of amides is 1. The monoisotopic (exact) mass is 492 g/mol. The van der Waals surface area contributed by atoms with E-state index in [0.29, 0.717) is 5.69 Å². The molecular formula is C19H17BrN4O5S. The molecule has 2 N–H and O–H groups in total. The molecule has 0 aliphatic heterocycles. The summed E-state index contributed by atoms with van der Waals surface area (Å²) in [6.07, 6.45) is 2.76. The molecule has 0 aliphatic carbocycles. The molecular weight excluding hydrogens is 476 g/mol. The second-order valence-corrected chi connectivity index (χ2v) is 8.62. The average molecular weight is 493 g/mol. The van der Waals surface area contributed by atoms with Crippen molar-refractivity contribution in [3.05, 3.63) is 75.9 Å². The van der Waals surface area contributed by atoms with Crippen LogP contribution in [-0.2, 0) is 21.4 Å². The lowest BCUT2D eigenvalue weighted by molar-refractivity contribution is -0.116. The first-order valence-corrected chi connectivity index (χ1v) is 10.8. The fourth-order valence-electron chi connectivity index (χ4n) is 2.56. The molecule has 1 aromatic heterocycles. The van der Waals surface area contributed by atoms with Gasteiger partial charge in [-0.1, -0.05) is 15.9 Å². The molecule has 2 aromatic carbocycles. The van der Waals surface area contributed by atoms with E-state index in [1.807, 2.05) is 0 Å². The Labute approximate surface area is 180 Å². The van der Waals surface area contributed by atoms with Gasteiger partial charge < -0.3 is 10.1 Å². The number of aromatic nitrogens is 2. The van der Waals surface area contributed by atoms with Crippen molar-refractivity contribution in [1.29, 1.82) is 0 Å². The quantitative estimate of drug-likeness (QED) is 0.522. The highest BCUT2D eigenvalue weighted by atomic mass is 79.9. The van der Waals surface area contributed by atoms with Crippen molar-refractivity contribution in [3.8, 4) is 5.75 Å². The van der Waals surface area contributed by atoms with Crippen molar-refractivity contribution < 1.29 is 17.9 Å². The molecule has 0 saturated carbocycles. The maximum absolute atomic E-state index is 12.9. The van der Waals surface area contributed by atoms with Crippen LogP contribution in [0, 0.1) is 0 Å². The molecule has 156 valence electrons. The molecule has 1 heterocycles. The van der Waals surface area contributed by atoms with Gasteiger partial charge >= 0.3 is 5.69 Å². The van der Waals surface area contributed by atoms with Gasteiger partial charge in [-0.25, -0.2) is 18.2 Å². The third-order valence-electron chi connectivity index (χ3n) is 3.93. The lowest BCUT2D eigenvalue weighted by Gasteiger charge is -2.14. The molecule has 0 bridgehead atoms. The van der Waals surface area contributed by atoms with Crippen LogP contribution < -0.4 is 20.5 Å². The van der Waals surface area contributed by atoms with Gasteiger partial charge in [0.2, 0.25) is 5.91 Å². The molecule has 0 saturated heterocycles. The number of nitrogens with zero attached hydrogens (tertiary/aromatic N) is 2. The molecule has 11 heteroatoms. The zero-order valence-corrected chi connectivity index (χ0v) is 18.1. The molecule has 0 spiro atoms. The Kier molecular flexibility index (Phi) is 6.53. The number of sulfonamides is 1. The molecule has 0 fully saturated rings. The number of nitrogens with one attached hydrogen (secondary N) is 2. The minimum Gasteiger partial charge on any atom is -0.495 e. The Morgan fingerprint density at radius 3 is 2.53 bits per heavy atom. The van der Waals surface area contributed by atoms with Gasteiger partial charge in [0.1, 0.15) is 17.2 Å². The van der Waals surface area contributed by atoms with Gasteiger partial charge in [-0.05, 0) is 48.5 Å². The van der Waals surface area contributed by atoms with E-state index in [-0.39, 0.29) is 22.9 Å².